The van der Waals surface area contributed by atoms with Gasteiger partial charge in [0.05, 0.1) is 0 Å². The van der Waals surface area contributed by atoms with Crippen LogP contribution in [0, 0.1) is 0 Å². The monoisotopic (exact) mass is 247 g/mol. The summed E-state index contributed by atoms with van der Waals surface area (Å²) < 4.78 is 0. The summed E-state index contributed by atoms with van der Waals surface area (Å²) in [6.07, 6.45) is 6.55. The Labute approximate surface area is 111 Å². The molecule has 0 aliphatic rings. The summed E-state index contributed by atoms with van der Waals surface area (Å²) in [5.41, 5.74) is 3.93. The zero-order valence-corrected chi connectivity index (χ0v) is 10.4. The van der Waals surface area contributed by atoms with E-state index in [1.807, 2.05) is 30.4 Å². The minimum absolute atomic E-state index is 0.695. The molecule has 0 spiro atoms. The molecule has 0 atom stereocenters. The molecule has 0 saturated heterocycles. The Morgan fingerprint density at radius 2 is 1.58 bits per heavy atom. The Hall–Kier alpha value is -2.61. The van der Waals surface area contributed by atoms with Crippen LogP contribution >= 0.6 is 0 Å². The largest absolute Gasteiger partial charge is 0.355 e. The van der Waals surface area contributed by atoms with Crippen LogP contribution in [0.15, 0.2) is 55.1 Å². The summed E-state index contributed by atoms with van der Waals surface area (Å²) >= 11 is 0. The molecule has 1 heterocycles. The first-order valence-electron chi connectivity index (χ1n) is 6.11. The topological polar surface area (TPSA) is 32.9 Å². The van der Waals surface area contributed by atoms with Crippen LogP contribution in [0.2, 0.25) is 0 Å². The zero-order chi connectivity index (χ0) is 13.2. The summed E-state index contributed by atoms with van der Waals surface area (Å²) in [4.78, 5) is 14.2. The van der Waals surface area contributed by atoms with E-state index in [1.54, 1.807) is 6.08 Å². The van der Waals surface area contributed by atoms with Crippen molar-refractivity contribution >= 4 is 34.2 Å². The molecule has 0 aliphatic heterocycles. The lowest BCUT2D eigenvalue weighted by atomic mass is 10.1. The number of aromatic amines is 1. The Morgan fingerprint density at radius 3 is 2.21 bits per heavy atom. The highest BCUT2D eigenvalue weighted by Crippen LogP contribution is 2.27. The predicted molar refractivity (Wildman–Crippen MR) is 80.4 cm³/mol. The van der Waals surface area contributed by atoms with E-state index in [9.17, 15) is 4.79 Å². The molecule has 0 unspecified atom stereocenters. The SMILES string of the molecule is C=C/C=C/c1ccc2[nH]c3ccc(C=O)cc3c2c1. The smallest absolute Gasteiger partial charge is 0.150 e. The van der Waals surface area contributed by atoms with Gasteiger partial charge in [-0.3, -0.25) is 4.79 Å². The molecule has 1 N–H and O–H groups in total. The molecule has 92 valence electrons. The van der Waals surface area contributed by atoms with Crippen LogP contribution in [0.25, 0.3) is 27.9 Å². The van der Waals surface area contributed by atoms with Crippen molar-refractivity contribution in [3.8, 4) is 0 Å². The third-order valence-electron chi connectivity index (χ3n) is 3.21. The number of carbonyl (C=O) groups is 1. The molecule has 2 heteroatoms. The fourth-order valence-electron chi connectivity index (χ4n) is 2.29. The highest BCUT2D eigenvalue weighted by Gasteiger charge is 2.05. The molecule has 19 heavy (non-hydrogen) atoms. The van der Waals surface area contributed by atoms with E-state index in [2.05, 4.69) is 29.8 Å². The van der Waals surface area contributed by atoms with E-state index in [1.165, 1.54) is 0 Å². The van der Waals surface area contributed by atoms with Crippen molar-refractivity contribution in [3.05, 3.63) is 66.3 Å². The summed E-state index contributed by atoms with van der Waals surface area (Å²) in [6, 6.07) is 11.9. The second kappa shape index (κ2) is 4.58. The highest BCUT2D eigenvalue weighted by atomic mass is 16.1. The molecule has 0 fully saturated rings. The summed E-state index contributed by atoms with van der Waals surface area (Å²) in [6.45, 7) is 3.67. The van der Waals surface area contributed by atoms with E-state index >= 15 is 0 Å². The predicted octanol–water partition coefficient (Wildman–Crippen LogP) is 4.33. The van der Waals surface area contributed by atoms with Crippen LogP contribution in [0.1, 0.15) is 15.9 Å². The lowest BCUT2D eigenvalue weighted by molar-refractivity contribution is 0.112. The fraction of sp³-hybridized carbons (Fsp3) is 0. The average Bonchev–Trinajstić information content (AvgIpc) is 2.82. The molecule has 1 aromatic heterocycles. The van der Waals surface area contributed by atoms with Crippen molar-refractivity contribution < 1.29 is 4.79 Å². The van der Waals surface area contributed by atoms with E-state index < -0.39 is 0 Å². The van der Waals surface area contributed by atoms with Gasteiger partial charge in [0.1, 0.15) is 6.29 Å². The maximum absolute atomic E-state index is 10.9. The lowest BCUT2D eigenvalue weighted by Gasteiger charge is -1.95. The van der Waals surface area contributed by atoms with Crippen LogP contribution in [0.3, 0.4) is 0 Å². The number of carbonyl (C=O) groups excluding carboxylic acids is 1. The first-order chi connectivity index (χ1) is 9.31. The minimum Gasteiger partial charge on any atom is -0.355 e. The molecular weight excluding hydrogens is 234 g/mol. The number of allylic oxidation sites excluding steroid dienone is 2. The second-order valence-electron chi connectivity index (χ2n) is 4.45. The van der Waals surface area contributed by atoms with E-state index in [-0.39, 0.29) is 0 Å². The first-order valence-corrected chi connectivity index (χ1v) is 6.11. The molecular formula is C17H13NO. The van der Waals surface area contributed by atoms with Gasteiger partial charge in [-0.15, -0.1) is 0 Å². The number of aldehydes is 1. The van der Waals surface area contributed by atoms with Gasteiger partial charge < -0.3 is 4.98 Å². The highest BCUT2D eigenvalue weighted by molar-refractivity contribution is 6.09. The van der Waals surface area contributed by atoms with Crippen molar-refractivity contribution in [2.24, 2.45) is 0 Å². The van der Waals surface area contributed by atoms with Crippen LogP contribution in [-0.4, -0.2) is 11.3 Å². The third-order valence-corrected chi connectivity index (χ3v) is 3.21. The molecule has 0 saturated carbocycles. The van der Waals surface area contributed by atoms with Crippen molar-refractivity contribution in [1.29, 1.82) is 0 Å². The number of nitrogens with one attached hydrogen (secondary N) is 1. The zero-order valence-electron chi connectivity index (χ0n) is 10.4. The van der Waals surface area contributed by atoms with Gasteiger partial charge in [0.2, 0.25) is 0 Å². The van der Waals surface area contributed by atoms with Gasteiger partial charge in [-0.1, -0.05) is 30.9 Å². The van der Waals surface area contributed by atoms with Crippen LogP contribution < -0.4 is 0 Å². The summed E-state index contributed by atoms with van der Waals surface area (Å²) in [5, 5.41) is 2.21. The fourth-order valence-corrected chi connectivity index (χ4v) is 2.29. The van der Waals surface area contributed by atoms with Crippen molar-refractivity contribution in [2.45, 2.75) is 0 Å². The number of hydrogen-bond donors (Lipinski definition) is 1. The minimum atomic E-state index is 0.695. The van der Waals surface area contributed by atoms with Gasteiger partial charge in [-0.25, -0.2) is 0 Å². The second-order valence-corrected chi connectivity index (χ2v) is 4.45. The van der Waals surface area contributed by atoms with Gasteiger partial charge in [-0.05, 0) is 35.9 Å². The molecule has 3 rings (SSSR count). The number of aromatic nitrogens is 1. The number of fused-ring (bicyclic) bond motifs is 3. The molecule has 0 bridgehead atoms. The van der Waals surface area contributed by atoms with Crippen molar-refractivity contribution in [1.82, 2.24) is 4.98 Å². The molecule has 2 nitrogen and oxygen atoms in total. The standard InChI is InChI=1S/C17H13NO/c1-2-3-4-12-5-7-16-14(9-12)15-10-13(11-19)6-8-17(15)18-16/h2-11,18H,1H2/b4-3+. The molecule has 3 aromatic rings. The summed E-state index contributed by atoms with van der Waals surface area (Å²) in [7, 11) is 0. The van der Waals surface area contributed by atoms with Gasteiger partial charge in [0, 0.05) is 27.4 Å². The number of hydrogen-bond acceptors (Lipinski definition) is 1. The maximum atomic E-state index is 10.9. The Bertz CT molecular complexity index is 809. The summed E-state index contributed by atoms with van der Waals surface area (Å²) in [5.74, 6) is 0. The molecule has 0 amide bonds. The maximum Gasteiger partial charge on any atom is 0.150 e. The van der Waals surface area contributed by atoms with E-state index in [4.69, 9.17) is 0 Å². The number of H-pyrrole nitrogens is 1. The molecule has 2 aromatic carbocycles. The van der Waals surface area contributed by atoms with Crippen LogP contribution in [-0.2, 0) is 0 Å². The van der Waals surface area contributed by atoms with Gasteiger partial charge >= 0.3 is 0 Å². The molecule has 0 aliphatic carbocycles. The lowest BCUT2D eigenvalue weighted by Crippen LogP contribution is -1.77. The quantitative estimate of drug-likeness (QED) is 0.542. The molecule has 0 radical (unpaired) electrons. The Morgan fingerprint density at radius 1 is 0.947 bits per heavy atom. The van der Waals surface area contributed by atoms with Crippen molar-refractivity contribution in [3.63, 3.8) is 0 Å². The Balaban J connectivity index is 2.29. The van der Waals surface area contributed by atoms with Gasteiger partial charge in [0.15, 0.2) is 0 Å². The van der Waals surface area contributed by atoms with Gasteiger partial charge in [0.25, 0.3) is 0 Å². The van der Waals surface area contributed by atoms with Crippen LogP contribution in [0.4, 0.5) is 0 Å². The third kappa shape index (κ3) is 1.97. The number of benzene rings is 2. The first kappa shape index (κ1) is 11.5. The van der Waals surface area contributed by atoms with Gasteiger partial charge in [-0.2, -0.15) is 0 Å². The van der Waals surface area contributed by atoms with E-state index in [0.717, 1.165) is 33.7 Å². The Kier molecular flexibility index (Phi) is 2.76. The average molecular weight is 247 g/mol. The van der Waals surface area contributed by atoms with E-state index in [0.29, 0.717) is 5.56 Å². The number of rotatable bonds is 3. The normalized spacial score (nSPS) is 11.4. The van der Waals surface area contributed by atoms with Crippen LogP contribution in [0.5, 0.6) is 0 Å². The van der Waals surface area contributed by atoms with Crippen molar-refractivity contribution in [2.75, 3.05) is 0 Å².